The molecule has 1 amide bonds. The molecule has 0 aliphatic carbocycles. The molecule has 9 heteroatoms. The highest BCUT2D eigenvalue weighted by Crippen LogP contribution is 2.33. The van der Waals surface area contributed by atoms with E-state index in [4.69, 9.17) is 14.7 Å². The Morgan fingerprint density at radius 2 is 1.84 bits per heavy atom. The van der Waals surface area contributed by atoms with Crippen LogP contribution >= 0.6 is 0 Å². The van der Waals surface area contributed by atoms with Gasteiger partial charge in [0.15, 0.2) is 11.5 Å². The molecule has 0 atom stereocenters. The van der Waals surface area contributed by atoms with E-state index in [-0.39, 0.29) is 5.91 Å². The van der Waals surface area contributed by atoms with Crippen LogP contribution < -0.4 is 10.1 Å². The fourth-order valence-corrected chi connectivity index (χ4v) is 4.29. The number of amides is 1. The number of methoxy groups -OCH3 is 1. The molecule has 2 aromatic carbocycles. The number of pyridine rings is 2. The average Bonchev–Trinajstić information content (AvgIpc) is 3.56. The van der Waals surface area contributed by atoms with Crippen LogP contribution in [-0.2, 0) is 4.79 Å². The summed E-state index contributed by atoms with van der Waals surface area (Å²) < 4.78 is 5.40. The molecule has 6 aromatic rings. The van der Waals surface area contributed by atoms with Crippen LogP contribution in [-0.4, -0.2) is 43.2 Å². The van der Waals surface area contributed by atoms with Gasteiger partial charge in [-0.15, -0.1) is 0 Å². The summed E-state index contributed by atoms with van der Waals surface area (Å²) >= 11 is 0. The highest BCUT2D eigenvalue weighted by atomic mass is 16.5. The fourth-order valence-electron chi connectivity index (χ4n) is 4.29. The smallest absolute Gasteiger partial charge is 0.224 e. The van der Waals surface area contributed by atoms with Gasteiger partial charge in [0.2, 0.25) is 5.91 Å². The van der Waals surface area contributed by atoms with Crippen LogP contribution in [0.1, 0.15) is 13.3 Å². The van der Waals surface area contributed by atoms with E-state index >= 15 is 0 Å². The lowest BCUT2D eigenvalue weighted by molar-refractivity contribution is -0.115. The Balaban J connectivity index is 1.42. The lowest BCUT2D eigenvalue weighted by Gasteiger charge is -2.06. The summed E-state index contributed by atoms with van der Waals surface area (Å²) in [5.41, 5.74) is 7.94. The van der Waals surface area contributed by atoms with E-state index in [1.807, 2.05) is 60.7 Å². The van der Waals surface area contributed by atoms with Crippen molar-refractivity contribution in [1.29, 1.82) is 0 Å². The Morgan fingerprint density at radius 1 is 0.946 bits per heavy atom. The van der Waals surface area contributed by atoms with Gasteiger partial charge in [0, 0.05) is 23.7 Å². The molecule has 0 spiro atoms. The molecule has 0 unspecified atom stereocenters. The topological polar surface area (TPSA) is 121 Å². The van der Waals surface area contributed by atoms with Crippen molar-refractivity contribution in [2.75, 3.05) is 12.4 Å². The molecule has 0 saturated heterocycles. The zero-order chi connectivity index (χ0) is 25.4. The van der Waals surface area contributed by atoms with E-state index < -0.39 is 0 Å². The molecule has 3 N–H and O–H groups in total. The van der Waals surface area contributed by atoms with Gasteiger partial charge in [-0.2, -0.15) is 5.10 Å². The van der Waals surface area contributed by atoms with Gasteiger partial charge in [-0.05, 0) is 42.0 Å². The number of fused-ring (bicyclic) bond motifs is 2. The second-order valence-corrected chi connectivity index (χ2v) is 8.55. The van der Waals surface area contributed by atoms with Gasteiger partial charge in [-0.3, -0.25) is 14.9 Å². The summed E-state index contributed by atoms with van der Waals surface area (Å²) in [6.45, 7) is 1.81. The van der Waals surface area contributed by atoms with E-state index in [1.165, 1.54) is 0 Å². The molecule has 182 valence electrons. The Morgan fingerprint density at radius 3 is 2.70 bits per heavy atom. The number of nitrogens with one attached hydrogen (secondary N) is 3. The molecule has 37 heavy (non-hydrogen) atoms. The summed E-state index contributed by atoms with van der Waals surface area (Å²) in [5.74, 6) is 1.33. The van der Waals surface area contributed by atoms with Crippen LogP contribution in [0, 0.1) is 0 Å². The molecule has 9 nitrogen and oxygen atoms in total. The van der Waals surface area contributed by atoms with Gasteiger partial charge in [-0.1, -0.05) is 31.2 Å². The van der Waals surface area contributed by atoms with Crippen LogP contribution in [0.4, 0.5) is 5.69 Å². The number of hydrogen-bond acceptors (Lipinski definition) is 6. The van der Waals surface area contributed by atoms with E-state index in [1.54, 1.807) is 26.4 Å². The number of para-hydroxylation sites is 1. The number of aromatic nitrogens is 6. The Kier molecular flexibility index (Phi) is 5.57. The number of hydrogen-bond donors (Lipinski definition) is 3. The Bertz CT molecular complexity index is 1770. The third-order valence-electron chi connectivity index (χ3n) is 6.16. The molecule has 0 aliphatic rings. The van der Waals surface area contributed by atoms with Crippen molar-refractivity contribution in [2.24, 2.45) is 0 Å². The highest BCUT2D eigenvalue weighted by Gasteiger charge is 2.17. The molecule has 6 rings (SSSR count). The summed E-state index contributed by atoms with van der Waals surface area (Å²) in [6.07, 6.45) is 3.73. The summed E-state index contributed by atoms with van der Waals surface area (Å²) in [6, 6.07) is 19.6. The second kappa shape index (κ2) is 9.19. The molecule has 0 bridgehead atoms. The first-order valence-electron chi connectivity index (χ1n) is 11.9. The number of imidazole rings is 1. The SMILES string of the molecule is CCC(=O)Nc1cncc(-c2ccc3[nH]nc(-c4nc5c(-c6cccc(OC)c6)cccc5[nH]4)c3n2)c1. The monoisotopic (exact) mass is 489 g/mol. The lowest BCUT2D eigenvalue weighted by Crippen LogP contribution is -2.09. The van der Waals surface area contributed by atoms with Crippen molar-refractivity contribution < 1.29 is 9.53 Å². The molecular formula is C28H23N7O2. The molecule has 4 heterocycles. The van der Waals surface area contributed by atoms with Crippen molar-refractivity contribution in [3.8, 4) is 39.7 Å². The largest absolute Gasteiger partial charge is 0.497 e. The van der Waals surface area contributed by atoms with E-state index in [9.17, 15) is 4.79 Å². The quantitative estimate of drug-likeness (QED) is 0.280. The molecule has 0 fully saturated rings. The summed E-state index contributed by atoms with van der Waals surface area (Å²) in [5, 5.41) is 10.4. The third kappa shape index (κ3) is 4.16. The number of aromatic amines is 2. The minimum Gasteiger partial charge on any atom is -0.497 e. The van der Waals surface area contributed by atoms with Crippen LogP contribution in [0.3, 0.4) is 0 Å². The normalized spacial score (nSPS) is 11.2. The zero-order valence-corrected chi connectivity index (χ0v) is 20.2. The molecule has 0 saturated carbocycles. The van der Waals surface area contributed by atoms with Gasteiger partial charge in [0.1, 0.15) is 11.3 Å². The second-order valence-electron chi connectivity index (χ2n) is 8.55. The number of nitrogens with zero attached hydrogens (tertiary/aromatic N) is 4. The molecular weight excluding hydrogens is 466 g/mol. The van der Waals surface area contributed by atoms with E-state index in [0.29, 0.717) is 34.8 Å². The molecule has 4 aromatic heterocycles. The van der Waals surface area contributed by atoms with Crippen LogP contribution in [0.15, 0.2) is 73.1 Å². The minimum atomic E-state index is -0.0716. The highest BCUT2D eigenvalue weighted by molar-refractivity contribution is 5.96. The first-order valence-corrected chi connectivity index (χ1v) is 11.9. The summed E-state index contributed by atoms with van der Waals surface area (Å²) in [7, 11) is 1.66. The van der Waals surface area contributed by atoms with Gasteiger partial charge in [0.25, 0.3) is 0 Å². The first kappa shape index (κ1) is 22.4. The first-order chi connectivity index (χ1) is 18.1. The molecule has 0 radical (unpaired) electrons. The third-order valence-corrected chi connectivity index (χ3v) is 6.16. The van der Waals surface area contributed by atoms with Crippen molar-refractivity contribution in [3.05, 3.63) is 73.1 Å². The van der Waals surface area contributed by atoms with Crippen molar-refractivity contribution in [1.82, 2.24) is 30.1 Å². The number of benzene rings is 2. The average molecular weight is 490 g/mol. The maximum absolute atomic E-state index is 11.8. The van der Waals surface area contributed by atoms with Crippen molar-refractivity contribution in [3.63, 3.8) is 0 Å². The Hall–Kier alpha value is -5.05. The summed E-state index contributed by atoms with van der Waals surface area (Å²) in [4.78, 5) is 29.3. The maximum Gasteiger partial charge on any atom is 0.224 e. The zero-order valence-electron chi connectivity index (χ0n) is 20.2. The number of rotatable bonds is 6. The molecule has 0 aliphatic heterocycles. The fraction of sp³-hybridized carbons (Fsp3) is 0.107. The van der Waals surface area contributed by atoms with E-state index in [2.05, 4.69) is 25.5 Å². The number of carbonyl (C=O) groups excluding carboxylic acids is 1. The van der Waals surface area contributed by atoms with Gasteiger partial charge >= 0.3 is 0 Å². The predicted octanol–water partition coefficient (Wildman–Crippen LogP) is 5.59. The number of H-pyrrole nitrogens is 2. The lowest BCUT2D eigenvalue weighted by atomic mass is 10.0. The minimum absolute atomic E-state index is 0.0716. The Labute approximate surface area is 212 Å². The number of carbonyl (C=O) groups is 1. The van der Waals surface area contributed by atoms with Gasteiger partial charge in [-0.25, -0.2) is 9.97 Å². The maximum atomic E-state index is 11.8. The van der Waals surface area contributed by atoms with Crippen molar-refractivity contribution in [2.45, 2.75) is 13.3 Å². The number of anilines is 1. The van der Waals surface area contributed by atoms with Crippen LogP contribution in [0.5, 0.6) is 5.75 Å². The van der Waals surface area contributed by atoms with Gasteiger partial charge < -0.3 is 15.0 Å². The van der Waals surface area contributed by atoms with E-state index in [0.717, 1.165) is 39.0 Å². The van der Waals surface area contributed by atoms with Crippen LogP contribution in [0.25, 0.3) is 56.0 Å². The van der Waals surface area contributed by atoms with Gasteiger partial charge in [0.05, 0.1) is 41.2 Å². The standard InChI is InChI=1S/C28H23N7O2/c1-3-24(36)30-18-12-17(14-29-15-18)21-10-11-23-26(31-21)27(35-34-23)28-32-22-9-5-8-20(25(22)33-28)16-6-4-7-19(13-16)37-2/h4-15H,3H2,1-2H3,(H,30,36)(H,32,33)(H,34,35). The number of ether oxygens (including phenoxy) is 1. The predicted molar refractivity (Wildman–Crippen MR) is 143 cm³/mol. The van der Waals surface area contributed by atoms with Crippen LogP contribution in [0.2, 0.25) is 0 Å². The van der Waals surface area contributed by atoms with Crippen molar-refractivity contribution >= 4 is 33.7 Å².